The molecule has 0 aromatic heterocycles. The van der Waals surface area contributed by atoms with Gasteiger partial charge in [0.1, 0.15) is 0 Å². The number of nitrogens with one attached hydrogen (secondary N) is 1. The number of amides is 2. The van der Waals surface area contributed by atoms with Crippen LogP contribution in [0, 0.1) is 0 Å². The predicted molar refractivity (Wildman–Crippen MR) is 82.6 cm³/mol. The zero-order valence-electron chi connectivity index (χ0n) is 11.5. The number of hydrogen-bond donors (Lipinski definition) is 2. The largest absolute Gasteiger partial charge is 0.399 e. The third-order valence-corrected chi connectivity index (χ3v) is 4.64. The van der Waals surface area contributed by atoms with Gasteiger partial charge in [0.15, 0.2) is 0 Å². The molecule has 0 saturated carbocycles. The van der Waals surface area contributed by atoms with Gasteiger partial charge in [-0.05, 0) is 24.6 Å². The first-order valence-corrected chi connectivity index (χ1v) is 7.50. The molecule has 0 bridgehead atoms. The van der Waals surface area contributed by atoms with Gasteiger partial charge in [-0.25, -0.2) is 4.79 Å². The molecule has 0 atom stereocenters. The number of carbonyl (C=O) groups is 1. The van der Waals surface area contributed by atoms with Crippen LogP contribution in [0.15, 0.2) is 24.3 Å². The molecule has 3 N–H and O–H groups in total. The van der Waals surface area contributed by atoms with E-state index in [1.807, 2.05) is 28.8 Å². The molecule has 1 aromatic rings. The maximum Gasteiger partial charge on any atom is 0.321 e. The Morgan fingerprint density at radius 2 is 2.21 bits per heavy atom. The van der Waals surface area contributed by atoms with Gasteiger partial charge in [0.2, 0.25) is 0 Å². The van der Waals surface area contributed by atoms with E-state index in [4.69, 9.17) is 5.73 Å². The summed E-state index contributed by atoms with van der Waals surface area (Å²) in [6, 6.07) is 7.23. The molecule has 1 fully saturated rings. The van der Waals surface area contributed by atoms with E-state index in [-0.39, 0.29) is 10.8 Å². The molecule has 2 amide bonds. The summed E-state index contributed by atoms with van der Waals surface area (Å²) in [6.45, 7) is 6.06. The molecule has 1 heterocycles. The van der Waals surface area contributed by atoms with Gasteiger partial charge in [0, 0.05) is 35.0 Å². The topological polar surface area (TPSA) is 58.4 Å². The van der Waals surface area contributed by atoms with Crippen molar-refractivity contribution in [1.29, 1.82) is 0 Å². The highest BCUT2D eigenvalue weighted by molar-refractivity contribution is 8.00. The number of thioether (sulfide) groups is 1. The molecular formula is C14H21N3OS. The lowest BCUT2D eigenvalue weighted by molar-refractivity contribution is 0.214. The SMILES string of the molecule is CC1(C)CCN(C(=O)Nc2cccc(N)c2)CCS1. The first kappa shape index (κ1) is 14.1. The minimum Gasteiger partial charge on any atom is -0.399 e. The quantitative estimate of drug-likeness (QED) is 0.777. The van der Waals surface area contributed by atoms with Gasteiger partial charge in [-0.1, -0.05) is 19.9 Å². The van der Waals surface area contributed by atoms with Gasteiger partial charge in [-0.2, -0.15) is 11.8 Å². The monoisotopic (exact) mass is 279 g/mol. The highest BCUT2D eigenvalue weighted by atomic mass is 32.2. The lowest BCUT2D eigenvalue weighted by Crippen LogP contribution is -2.37. The Labute approximate surface area is 118 Å². The van der Waals surface area contributed by atoms with E-state index in [0.29, 0.717) is 5.69 Å². The standard InChI is InChI=1S/C14H21N3OS/c1-14(2)6-7-17(8-9-19-14)13(18)16-12-5-3-4-11(15)10-12/h3-5,10H,6-9,15H2,1-2H3,(H,16,18). The number of nitrogens with zero attached hydrogens (tertiary/aromatic N) is 1. The summed E-state index contributed by atoms with van der Waals surface area (Å²) in [7, 11) is 0. The van der Waals surface area contributed by atoms with Crippen LogP contribution in [-0.4, -0.2) is 34.5 Å². The molecule has 0 aliphatic carbocycles. The molecule has 0 spiro atoms. The van der Waals surface area contributed by atoms with E-state index in [9.17, 15) is 4.79 Å². The van der Waals surface area contributed by atoms with E-state index in [1.165, 1.54) is 0 Å². The van der Waals surface area contributed by atoms with E-state index in [0.717, 1.165) is 31.0 Å². The molecule has 1 aromatic carbocycles. The highest BCUT2D eigenvalue weighted by Crippen LogP contribution is 2.30. The van der Waals surface area contributed by atoms with Gasteiger partial charge in [-0.3, -0.25) is 0 Å². The Balaban J connectivity index is 1.96. The van der Waals surface area contributed by atoms with E-state index in [2.05, 4.69) is 19.2 Å². The van der Waals surface area contributed by atoms with Crippen LogP contribution in [0.2, 0.25) is 0 Å². The Bertz CT molecular complexity index is 462. The van der Waals surface area contributed by atoms with Crippen molar-refractivity contribution in [1.82, 2.24) is 4.90 Å². The average Bonchev–Trinajstić information content (AvgIpc) is 2.50. The third kappa shape index (κ3) is 4.06. The summed E-state index contributed by atoms with van der Waals surface area (Å²) in [6.07, 6.45) is 1.02. The minimum atomic E-state index is -0.0381. The van der Waals surface area contributed by atoms with Crippen molar-refractivity contribution in [2.75, 3.05) is 29.9 Å². The van der Waals surface area contributed by atoms with Crippen LogP contribution in [0.25, 0.3) is 0 Å². The number of nitrogens with two attached hydrogens (primary N) is 1. The van der Waals surface area contributed by atoms with Gasteiger partial charge in [0.05, 0.1) is 0 Å². The van der Waals surface area contributed by atoms with Crippen molar-refractivity contribution in [2.45, 2.75) is 25.0 Å². The van der Waals surface area contributed by atoms with Crippen molar-refractivity contribution in [3.8, 4) is 0 Å². The number of nitrogen functional groups attached to an aromatic ring is 1. The number of hydrogen-bond acceptors (Lipinski definition) is 3. The number of rotatable bonds is 1. The summed E-state index contributed by atoms with van der Waals surface area (Å²) in [5.41, 5.74) is 7.11. The molecule has 1 saturated heterocycles. The average molecular weight is 279 g/mol. The maximum absolute atomic E-state index is 12.2. The van der Waals surface area contributed by atoms with Crippen LogP contribution in [0.5, 0.6) is 0 Å². The summed E-state index contributed by atoms with van der Waals surface area (Å²) in [5.74, 6) is 0.983. The van der Waals surface area contributed by atoms with Crippen LogP contribution in [0.3, 0.4) is 0 Å². The number of benzene rings is 1. The summed E-state index contributed by atoms with van der Waals surface area (Å²) < 4.78 is 0.256. The molecule has 104 valence electrons. The van der Waals surface area contributed by atoms with Gasteiger partial charge < -0.3 is 16.0 Å². The van der Waals surface area contributed by atoms with Crippen molar-refractivity contribution < 1.29 is 4.79 Å². The van der Waals surface area contributed by atoms with E-state index < -0.39 is 0 Å². The predicted octanol–water partition coefficient (Wildman–Crippen LogP) is 3.02. The maximum atomic E-state index is 12.2. The minimum absolute atomic E-state index is 0.0381. The molecule has 4 nitrogen and oxygen atoms in total. The van der Waals surface area contributed by atoms with E-state index >= 15 is 0 Å². The molecule has 0 unspecified atom stereocenters. The fourth-order valence-electron chi connectivity index (χ4n) is 2.04. The van der Waals surface area contributed by atoms with Crippen molar-refractivity contribution >= 4 is 29.2 Å². The van der Waals surface area contributed by atoms with Gasteiger partial charge >= 0.3 is 6.03 Å². The second-order valence-corrected chi connectivity index (χ2v) is 7.20. The molecule has 2 rings (SSSR count). The smallest absolute Gasteiger partial charge is 0.321 e. The van der Waals surface area contributed by atoms with Crippen molar-refractivity contribution in [3.63, 3.8) is 0 Å². The first-order chi connectivity index (χ1) is 8.96. The molecular weight excluding hydrogens is 258 g/mol. The molecule has 1 aliphatic rings. The molecule has 0 radical (unpaired) electrons. The number of carbonyl (C=O) groups excluding carboxylic acids is 1. The summed E-state index contributed by atoms with van der Waals surface area (Å²) in [5, 5.41) is 2.91. The Morgan fingerprint density at radius 1 is 1.42 bits per heavy atom. The normalized spacial score (nSPS) is 18.7. The lowest BCUT2D eigenvalue weighted by atomic mass is 10.1. The second-order valence-electron chi connectivity index (χ2n) is 5.40. The van der Waals surface area contributed by atoms with Crippen molar-refractivity contribution in [2.24, 2.45) is 0 Å². The van der Waals surface area contributed by atoms with E-state index in [1.54, 1.807) is 12.1 Å². The summed E-state index contributed by atoms with van der Waals surface area (Å²) in [4.78, 5) is 14.1. The molecule has 5 heteroatoms. The Morgan fingerprint density at radius 3 is 2.95 bits per heavy atom. The fourth-order valence-corrected chi connectivity index (χ4v) is 3.14. The Kier molecular flexibility index (Phi) is 4.24. The zero-order chi connectivity index (χ0) is 13.9. The molecule has 1 aliphatic heterocycles. The second kappa shape index (κ2) is 5.74. The number of urea groups is 1. The number of anilines is 2. The van der Waals surface area contributed by atoms with Crippen LogP contribution in [-0.2, 0) is 0 Å². The van der Waals surface area contributed by atoms with Crippen molar-refractivity contribution in [3.05, 3.63) is 24.3 Å². The van der Waals surface area contributed by atoms with Crippen LogP contribution in [0.4, 0.5) is 16.2 Å². The molecule has 19 heavy (non-hydrogen) atoms. The first-order valence-electron chi connectivity index (χ1n) is 6.52. The summed E-state index contributed by atoms with van der Waals surface area (Å²) >= 11 is 1.93. The highest BCUT2D eigenvalue weighted by Gasteiger charge is 2.25. The van der Waals surface area contributed by atoms with Crippen LogP contribution >= 0.6 is 11.8 Å². The fraction of sp³-hybridized carbons (Fsp3) is 0.500. The van der Waals surface area contributed by atoms with Crippen LogP contribution in [0.1, 0.15) is 20.3 Å². The third-order valence-electron chi connectivity index (χ3n) is 3.26. The van der Waals surface area contributed by atoms with Gasteiger partial charge in [0.25, 0.3) is 0 Å². The van der Waals surface area contributed by atoms with Crippen LogP contribution < -0.4 is 11.1 Å². The Hall–Kier alpha value is -1.36. The lowest BCUT2D eigenvalue weighted by Gasteiger charge is -2.23. The zero-order valence-corrected chi connectivity index (χ0v) is 12.3. The van der Waals surface area contributed by atoms with Gasteiger partial charge in [-0.15, -0.1) is 0 Å².